The number of rotatable bonds is 5. The van der Waals surface area contributed by atoms with Crippen LogP contribution in [0.1, 0.15) is 31.9 Å². The Morgan fingerprint density at radius 1 is 1.13 bits per heavy atom. The van der Waals surface area contributed by atoms with Gasteiger partial charge >= 0.3 is 0 Å². The molecule has 23 heavy (non-hydrogen) atoms. The highest BCUT2D eigenvalue weighted by Crippen LogP contribution is 2.33. The van der Waals surface area contributed by atoms with Gasteiger partial charge in [0, 0.05) is 24.5 Å². The van der Waals surface area contributed by atoms with E-state index in [4.69, 9.17) is 4.74 Å². The average molecular weight is 334 g/mol. The number of benzene rings is 1. The molecule has 124 valence electrons. The fraction of sp³-hybridized carbons (Fsp3) is 0.353. The van der Waals surface area contributed by atoms with E-state index in [1.807, 2.05) is 20.8 Å². The van der Waals surface area contributed by atoms with Gasteiger partial charge in [-0.1, -0.05) is 20.8 Å². The summed E-state index contributed by atoms with van der Waals surface area (Å²) in [4.78, 5) is 4.15. The number of sulfonamides is 1. The minimum absolute atomic E-state index is 0.220. The number of hydrogen-bond acceptors (Lipinski definition) is 4. The molecule has 0 radical (unpaired) electrons. The third-order valence-electron chi connectivity index (χ3n) is 3.50. The molecule has 0 saturated heterocycles. The highest BCUT2D eigenvalue weighted by atomic mass is 32.2. The topological polar surface area (TPSA) is 68.3 Å². The van der Waals surface area contributed by atoms with Gasteiger partial charge < -0.3 is 4.74 Å². The Balaban J connectivity index is 2.29. The first-order valence-electron chi connectivity index (χ1n) is 7.31. The molecule has 0 unspecified atom stereocenters. The van der Waals surface area contributed by atoms with Gasteiger partial charge in [-0.2, -0.15) is 0 Å². The van der Waals surface area contributed by atoms with Crippen molar-refractivity contribution in [3.63, 3.8) is 0 Å². The Morgan fingerprint density at radius 2 is 1.78 bits per heavy atom. The molecule has 6 heteroatoms. The Hall–Kier alpha value is -1.92. The molecule has 1 aromatic carbocycles. The van der Waals surface area contributed by atoms with Gasteiger partial charge in [0.1, 0.15) is 5.75 Å². The summed E-state index contributed by atoms with van der Waals surface area (Å²) in [6, 6.07) is 8.48. The van der Waals surface area contributed by atoms with E-state index >= 15 is 0 Å². The molecule has 0 aliphatic rings. The van der Waals surface area contributed by atoms with Crippen LogP contribution in [0.4, 0.5) is 0 Å². The first-order chi connectivity index (χ1) is 10.7. The SMILES string of the molecule is COc1ccc(S(=O)(=O)NCc2ccncc2)cc1C(C)(C)C. The summed E-state index contributed by atoms with van der Waals surface area (Å²) in [5.74, 6) is 0.686. The van der Waals surface area contributed by atoms with Crippen LogP contribution in [0.15, 0.2) is 47.6 Å². The van der Waals surface area contributed by atoms with Crippen LogP contribution in [-0.4, -0.2) is 20.5 Å². The van der Waals surface area contributed by atoms with Crippen molar-refractivity contribution in [3.8, 4) is 5.75 Å². The van der Waals surface area contributed by atoms with Gasteiger partial charge in [0.05, 0.1) is 12.0 Å². The lowest BCUT2D eigenvalue weighted by Crippen LogP contribution is -2.24. The Labute approximate surface area is 137 Å². The molecule has 0 bridgehead atoms. The quantitative estimate of drug-likeness (QED) is 0.913. The lowest BCUT2D eigenvalue weighted by Gasteiger charge is -2.23. The van der Waals surface area contributed by atoms with Crippen molar-refractivity contribution in [2.24, 2.45) is 0 Å². The van der Waals surface area contributed by atoms with Crippen molar-refractivity contribution in [2.75, 3.05) is 7.11 Å². The first-order valence-corrected chi connectivity index (χ1v) is 8.79. The van der Waals surface area contributed by atoms with Crippen LogP contribution in [0.2, 0.25) is 0 Å². The van der Waals surface area contributed by atoms with E-state index < -0.39 is 10.0 Å². The highest BCUT2D eigenvalue weighted by molar-refractivity contribution is 7.89. The summed E-state index contributed by atoms with van der Waals surface area (Å²) in [5, 5.41) is 0. The number of aromatic nitrogens is 1. The van der Waals surface area contributed by atoms with Crippen molar-refractivity contribution >= 4 is 10.0 Å². The molecule has 0 fully saturated rings. The van der Waals surface area contributed by atoms with Crippen LogP contribution in [0.5, 0.6) is 5.75 Å². The van der Waals surface area contributed by atoms with E-state index in [1.165, 1.54) is 0 Å². The predicted molar refractivity (Wildman–Crippen MR) is 90.0 cm³/mol. The minimum atomic E-state index is -3.59. The summed E-state index contributed by atoms with van der Waals surface area (Å²) < 4.78 is 33.0. The molecule has 2 rings (SSSR count). The predicted octanol–water partition coefficient (Wildman–Crippen LogP) is 2.87. The number of methoxy groups -OCH3 is 1. The van der Waals surface area contributed by atoms with Gasteiger partial charge in [0.2, 0.25) is 10.0 Å². The van der Waals surface area contributed by atoms with E-state index in [0.29, 0.717) is 5.75 Å². The number of nitrogens with zero attached hydrogens (tertiary/aromatic N) is 1. The fourth-order valence-electron chi connectivity index (χ4n) is 2.20. The number of pyridine rings is 1. The Morgan fingerprint density at radius 3 is 2.35 bits per heavy atom. The average Bonchev–Trinajstić information content (AvgIpc) is 2.52. The van der Waals surface area contributed by atoms with E-state index in [0.717, 1.165) is 11.1 Å². The summed E-state index contributed by atoms with van der Waals surface area (Å²) in [5.41, 5.74) is 1.49. The van der Waals surface area contributed by atoms with E-state index in [-0.39, 0.29) is 16.9 Å². The van der Waals surface area contributed by atoms with Gasteiger partial charge in [0.25, 0.3) is 0 Å². The Kier molecular flexibility index (Phi) is 5.06. The molecular weight excluding hydrogens is 312 g/mol. The molecule has 0 aliphatic heterocycles. The van der Waals surface area contributed by atoms with Gasteiger partial charge in [-0.05, 0) is 41.3 Å². The molecule has 0 atom stereocenters. The van der Waals surface area contributed by atoms with Gasteiger partial charge in [0.15, 0.2) is 0 Å². The van der Waals surface area contributed by atoms with Gasteiger partial charge in [-0.3, -0.25) is 4.98 Å². The monoisotopic (exact) mass is 334 g/mol. The molecular formula is C17H22N2O3S. The molecule has 0 spiro atoms. The van der Waals surface area contributed by atoms with Crippen molar-refractivity contribution in [3.05, 3.63) is 53.9 Å². The molecule has 1 heterocycles. The van der Waals surface area contributed by atoms with E-state index in [9.17, 15) is 8.42 Å². The zero-order valence-corrected chi connectivity index (χ0v) is 14.6. The second-order valence-corrected chi connectivity index (χ2v) is 8.06. The summed E-state index contributed by atoms with van der Waals surface area (Å²) >= 11 is 0. The van der Waals surface area contributed by atoms with Crippen LogP contribution in [0.25, 0.3) is 0 Å². The molecule has 0 aliphatic carbocycles. The zero-order chi connectivity index (χ0) is 17.1. The van der Waals surface area contributed by atoms with Crippen LogP contribution in [0.3, 0.4) is 0 Å². The van der Waals surface area contributed by atoms with Crippen LogP contribution >= 0.6 is 0 Å². The fourth-order valence-corrected chi connectivity index (χ4v) is 3.25. The third kappa shape index (κ3) is 4.30. The smallest absolute Gasteiger partial charge is 0.240 e. The van der Waals surface area contributed by atoms with Crippen molar-refractivity contribution < 1.29 is 13.2 Å². The lowest BCUT2D eigenvalue weighted by molar-refractivity contribution is 0.397. The maximum Gasteiger partial charge on any atom is 0.240 e. The molecule has 1 N–H and O–H groups in total. The zero-order valence-electron chi connectivity index (χ0n) is 13.8. The normalized spacial score (nSPS) is 12.2. The second-order valence-electron chi connectivity index (χ2n) is 6.29. The maximum atomic E-state index is 12.5. The van der Waals surface area contributed by atoms with Crippen LogP contribution in [0, 0.1) is 0 Å². The molecule has 2 aromatic rings. The second kappa shape index (κ2) is 6.68. The standard InChI is InChI=1S/C17H22N2O3S/c1-17(2,3)15-11-14(5-6-16(15)22-4)23(20,21)19-12-13-7-9-18-10-8-13/h5-11,19H,12H2,1-4H3. The lowest BCUT2D eigenvalue weighted by atomic mass is 9.86. The summed E-state index contributed by atoms with van der Waals surface area (Å²) in [6.45, 7) is 6.28. The van der Waals surface area contributed by atoms with E-state index in [2.05, 4.69) is 9.71 Å². The molecule has 1 aromatic heterocycles. The molecule has 0 amide bonds. The van der Waals surface area contributed by atoms with Gasteiger partial charge in [-0.15, -0.1) is 0 Å². The van der Waals surface area contributed by atoms with Crippen molar-refractivity contribution in [2.45, 2.75) is 37.6 Å². The summed E-state index contributed by atoms with van der Waals surface area (Å²) in [7, 11) is -2.01. The number of ether oxygens (including phenoxy) is 1. The first kappa shape index (κ1) is 17.4. The highest BCUT2D eigenvalue weighted by Gasteiger charge is 2.23. The van der Waals surface area contributed by atoms with Gasteiger partial charge in [-0.25, -0.2) is 13.1 Å². The van der Waals surface area contributed by atoms with E-state index in [1.54, 1.807) is 49.8 Å². The molecule has 5 nitrogen and oxygen atoms in total. The molecule has 0 saturated carbocycles. The van der Waals surface area contributed by atoms with Crippen molar-refractivity contribution in [1.82, 2.24) is 9.71 Å². The minimum Gasteiger partial charge on any atom is -0.496 e. The van der Waals surface area contributed by atoms with Crippen LogP contribution in [-0.2, 0) is 22.0 Å². The number of hydrogen-bond donors (Lipinski definition) is 1. The Bertz CT molecular complexity index is 766. The third-order valence-corrected chi connectivity index (χ3v) is 4.90. The maximum absolute atomic E-state index is 12.5. The summed E-state index contributed by atoms with van der Waals surface area (Å²) in [6.07, 6.45) is 3.27. The number of nitrogens with one attached hydrogen (secondary N) is 1. The van der Waals surface area contributed by atoms with Crippen LogP contribution < -0.4 is 9.46 Å². The van der Waals surface area contributed by atoms with Crippen molar-refractivity contribution in [1.29, 1.82) is 0 Å². The largest absolute Gasteiger partial charge is 0.496 e.